The van der Waals surface area contributed by atoms with Crippen LogP contribution in [0, 0.1) is 0 Å². The predicted octanol–water partition coefficient (Wildman–Crippen LogP) is 3.89. The van der Waals surface area contributed by atoms with E-state index in [1.54, 1.807) is 0 Å². The minimum absolute atomic E-state index is 0.161. The highest BCUT2D eigenvalue weighted by Crippen LogP contribution is 2.31. The number of amides is 1. The molecule has 0 aliphatic heterocycles. The lowest BCUT2D eigenvalue weighted by Gasteiger charge is -2.10. The molecule has 1 aromatic heterocycles. The Morgan fingerprint density at radius 2 is 1.69 bits per heavy atom. The number of sulfone groups is 1. The Kier molecular flexibility index (Phi) is 6.56. The number of rotatable bonds is 6. The molecular formula is C17H14F6N2O3S. The maximum Gasteiger partial charge on any atom is 0.416 e. The lowest BCUT2D eigenvalue weighted by Crippen LogP contribution is -2.25. The predicted molar refractivity (Wildman–Crippen MR) is 88.3 cm³/mol. The molecule has 0 aliphatic rings. The maximum atomic E-state index is 12.8. The molecule has 0 saturated carbocycles. The number of halogens is 6. The van der Waals surface area contributed by atoms with Crippen LogP contribution < -0.4 is 5.32 Å². The van der Waals surface area contributed by atoms with Gasteiger partial charge in [0.2, 0.25) is 15.7 Å². The van der Waals surface area contributed by atoms with Crippen LogP contribution in [0.4, 0.5) is 26.3 Å². The smallest absolute Gasteiger partial charge is 0.350 e. The van der Waals surface area contributed by atoms with Crippen molar-refractivity contribution in [2.45, 2.75) is 41.5 Å². The SMILES string of the molecule is O=C(CCC(F)(F)F)NCc1ccc(S(=O)(=O)c2cccc(C(F)(F)F)c2)cn1. The number of nitrogens with zero attached hydrogens (tertiary/aromatic N) is 1. The minimum atomic E-state index is -4.71. The highest BCUT2D eigenvalue weighted by molar-refractivity contribution is 7.91. The summed E-state index contributed by atoms with van der Waals surface area (Å²) in [6.45, 7) is -0.236. The maximum absolute atomic E-state index is 12.8. The van der Waals surface area contributed by atoms with E-state index in [1.165, 1.54) is 6.07 Å². The molecule has 158 valence electrons. The number of pyridine rings is 1. The molecule has 0 saturated heterocycles. The van der Waals surface area contributed by atoms with Gasteiger partial charge in [0.1, 0.15) is 0 Å². The third-order valence-electron chi connectivity index (χ3n) is 3.68. The fourth-order valence-corrected chi connectivity index (χ4v) is 3.43. The third kappa shape index (κ3) is 6.44. The van der Waals surface area contributed by atoms with Crippen LogP contribution in [0.3, 0.4) is 0 Å². The Hall–Kier alpha value is -2.63. The molecule has 2 aromatic rings. The second-order valence-corrected chi connectivity index (χ2v) is 7.86. The molecule has 1 heterocycles. The number of nitrogens with one attached hydrogen (secondary N) is 1. The van der Waals surface area contributed by atoms with E-state index in [0.717, 1.165) is 30.5 Å². The Bertz CT molecular complexity index is 970. The summed E-state index contributed by atoms with van der Waals surface area (Å²) in [6, 6.07) is 5.50. The van der Waals surface area contributed by atoms with Crippen LogP contribution in [-0.2, 0) is 27.4 Å². The first-order chi connectivity index (χ1) is 13.3. The molecule has 0 bridgehead atoms. The van der Waals surface area contributed by atoms with Gasteiger partial charge in [0.05, 0.1) is 34.0 Å². The molecule has 12 heteroatoms. The van der Waals surface area contributed by atoms with Crippen molar-refractivity contribution in [2.24, 2.45) is 0 Å². The van der Waals surface area contributed by atoms with Crippen LogP contribution >= 0.6 is 0 Å². The van der Waals surface area contributed by atoms with Gasteiger partial charge in [0, 0.05) is 12.6 Å². The van der Waals surface area contributed by atoms with Gasteiger partial charge in [-0.3, -0.25) is 9.78 Å². The molecule has 1 amide bonds. The lowest BCUT2D eigenvalue weighted by atomic mass is 10.2. The number of carbonyl (C=O) groups is 1. The van der Waals surface area contributed by atoms with Gasteiger partial charge in [-0.05, 0) is 30.3 Å². The Balaban J connectivity index is 2.09. The van der Waals surface area contributed by atoms with Crippen molar-refractivity contribution in [1.29, 1.82) is 0 Å². The highest BCUT2D eigenvalue weighted by Gasteiger charge is 2.32. The zero-order chi connectivity index (χ0) is 21.9. The Morgan fingerprint density at radius 1 is 1.00 bits per heavy atom. The fraction of sp³-hybridized carbons (Fsp3) is 0.294. The molecule has 0 atom stereocenters. The van der Waals surface area contributed by atoms with Gasteiger partial charge in [0.15, 0.2) is 0 Å². The third-order valence-corrected chi connectivity index (χ3v) is 5.42. The van der Waals surface area contributed by atoms with E-state index < -0.39 is 51.4 Å². The van der Waals surface area contributed by atoms with E-state index in [4.69, 9.17) is 0 Å². The Morgan fingerprint density at radius 3 is 2.24 bits per heavy atom. The van der Waals surface area contributed by atoms with E-state index in [9.17, 15) is 39.6 Å². The number of carbonyl (C=O) groups excluding carboxylic acids is 1. The molecule has 0 fully saturated rings. The van der Waals surface area contributed by atoms with Crippen molar-refractivity contribution in [3.8, 4) is 0 Å². The molecule has 0 radical (unpaired) electrons. The standard InChI is InChI=1S/C17H14F6N2O3S/c18-16(19,20)7-6-15(26)25-9-12-4-5-14(10-24-12)29(27,28)13-3-1-2-11(8-13)17(21,22)23/h1-5,8,10H,6-7,9H2,(H,25,26). The first-order valence-corrected chi connectivity index (χ1v) is 9.48. The summed E-state index contributed by atoms with van der Waals surface area (Å²) in [5.74, 6) is -0.857. The average Bonchev–Trinajstić information content (AvgIpc) is 2.64. The summed E-state index contributed by atoms with van der Waals surface area (Å²) in [7, 11) is -4.27. The molecule has 0 spiro atoms. The summed E-state index contributed by atoms with van der Waals surface area (Å²) in [6.07, 6.45) is -10.3. The van der Waals surface area contributed by atoms with Crippen LogP contribution in [-0.4, -0.2) is 25.5 Å². The lowest BCUT2D eigenvalue weighted by molar-refractivity contribution is -0.144. The van der Waals surface area contributed by atoms with Crippen molar-refractivity contribution in [1.82, 2.24) is 10.3 Å². The molecule has 2 rings (SSSR count). The van der Waals surface area contributed by atoms with E-state index in [1.807, 2.05) is 0 Å². The summed E-state index contributed by atoms with van der Waals surface area (Å²) in [5.41, 5.74) is -0.960. The minimum Gasteiger partial charge on any atom is -0.350 e. The van der Waals surface area contributed by atoms with Gasteiger partial charge in [-0.2, -0.15) is 26.3 Å². The monoisotopic (exact) mass is 440 g/mol. The number of aromatic nitrogens is 1. The number of benzene rings is 1. The Labute approximate surface area is 161 Å². The van der Waals surface area contributed by atoms with E-state index >= 15 is 0 Å². The van der Waals surface area contributed by atoms with Crippen molar-refractivity contribution in [3.63, 3.8) is 0 Å². The van der Waals surface area contributed by atoms with Crippen LogP contribution in [0.1, 0.15) is 24.1 Å². The average molecular weight is 440 g/mol. The molecule has 1 N–H and O–H groups in total. The molecule has 5 nitrogen and oxygen atoms in total. The number of alkyl halides is 6. The summed E-state index contributed by atoms with van der Waals surface area (Å²) in [4.78, 5) is 14.2. The van der Waals surface area contributed by atoms with Gasteiger partial charge < -0.3 is 5.32 Å². The first-order valence-electron chi connectivity index (χ1n) is 8.00. The van der Waals surface area contributed by atoms with Crippen molar-refractivity contribution in [3.05, 3.63) is 53.9 Å². The van der Waals surface area contributed by atoms with Gasteiger partial charge in [-0.15, -0.1) is 0 Å². The fourth-order valence-electron chi connectivity index (χ4n) is 2.18. The topological polar surface area (TPSA) is 76.1 Å². The highest BCUT2D eigenvalue weighted by atomic mass is 32.2. The zero-order valence-corrected chi connectivity index (χ0v) is 15.3. The second kappa shape index (κ2) is 8.39. The van der Waals surface area contributed by atoms with Crippen molar-refractivity contribution in [2.75, 3.05) is 0 Å². The van der Waals surface area contributed by atoms with Gasteiger partial charge >= 0.3 is 12.4 Å². The van der Waals surface area contributed by atoms with Gasteiger partial charge in [0.25, 0.3) is 0 Å². The molecule has 29 heavy (non-hydrogen) atoms. The van der Waals surface area contributed by atoms with Crippen molar-refractivity contribution >= 4 is 15.7 Å². The van der Waals surface area contributed by atoms with Crippen LogP contribution in [0.25, 0.3) is 0 Å². The van der Waals surface area contributed by atoms with Crippen LogP contribution in [0.15, 0.2) is 52.4 Å². The molecular weight excluding hydrogens is 426 g/mol. The summed E-state index contributed by atoms with van der Waals surface area (Å²) < 4.78 is 99.5. The normalized spacial score (nSPS) is 12.6. The largest absolute Gasteiger partial charge is 0.416 e. The molecule has 0 aliphatic carbocycles. The summed E-state index contributed by atoms with van der Waals surface area (Å²) >= 11 is 0. The van der Waals surface area contributed by atoms with E-state index in [2.05, 4.69) is 10.3 Å². The second-order valence-electron chi connectivity index (χ2n) is 5.91. The zero-order valence-electron chi connectivity index (χ0n) is 14.5. The number of hydrogen-bond donors (Lipinski definition) is 1. The van der Waals surface area contributed by atoms with Crippen LogP contribution in [0.5, 0.6) is 0 Å². The summed E-state index contributed by atoms with van der Waals surface area (Å²) in [5, 5.41) is 2.21. The van der Waals surface area contributed by atoms with Crippen LogP contribution in [0.2, 0.25) is 0 Å². The van der Waals surface area contributed by atoms with Gasteiger partial charge in [-0.25, -0.2) is 8.42 Å². The molecule has 0 unspecified atom stereocenters. The quantitative estimate of drug-likeness (QED) is 0.692. The molecule has 1 aromatic carbocycles. The van der Waals surface area contributed by atoms with E-state index in [-0.39, 0.29) is 17.1 Å². The van der Waals surface area contributed by atoms with Gasteiger partial charge in [-0.1, -0.05) is 6.07 Å². The van der Waals surface area contributed by atoms with E-state index in [0.29, 0.717) is 6.07 Å². The van der Waals surface area contributed by atoms with Crippen molar-refractivity contribution < 1.29 is 39.6 Å². The first kappa shape index (κ1) is 22.7. The number of hydrogen-bond acceptors (Lipinski definition) is 4.